The molecule has 1 amide bonds. The molecule has 0 bridgehead atoms. The first-order valence-corrected chi connectivity index (χ1v) is 8.69. The molecule has 0 atom stereocenters. The van der Waals surface area contributed by atoms with Crippen LogP contribution in [0.1, 0.15) is 15.9 Å². The van der Waals surface area contributed by atoms with Crippen molar-refractivity contribution in [3.63, 3.8) is 0 Å². The van der Waals surface area contributed by atoms with Gasteiger partial charge in [-0.2, -0.15) is 0 Å². The lowest BCUT2D eigenvalue weighted by Crippen LogP contribution is -2.16. The van der Waals surface area contributed by atoms with Gasteiger partial charge in [0, 0.05) is 5.56 Å². The maximum atomic E-state index is 12.7. The van der Waals surface area contributed by atoms with E-state index in [0.717, 1.165) is 16.6 Å². The van der Waals surface area contributed by atoms with Gasteiger partial charge in [-0.25, -0.2) is 4.98 Å². The van der Waals surface area contributed by atoms with Gasteiger partial charge in [0.2, 0.25) is 5.95 Å². The Hall–Kier alpha value is -3.60. The molecule has 134 valence electrons. The molecular formula is C22H19N3O2. The van der Waals surface area contributed by atoms with Crippen molar-refractivity contribution in [1.82, 2.24) is 9.55 Å². The van der Waals surface area contributed by atoms with Gasteiger partial charge >= 0.3 is 0 Å². The van der Waals surface area contributed by atoms with Gasteiger partial charge in [-0.15, -0.1) is 0 Å². The van der Waals surface area contributed by atoms with Gasteiger partial charge in [0.15, 0.2) is 0 Å². The van der Waals surface area contributed by atoms with Crippen molar-refractivity contribution in [2.45, 2.75) is 6.54 Å². The smallest absolute Gasteiger partial charge is 0.257 e. The topological polar surface area (TPSA) is 56.1 Å². The Kier molecular flexibility index (Phi) is 4.58. The molecule has 4 rings (SSSR count). The molecule has 4 aromatic rings. The van der Waals surface area contributed by atoms with Crippen molar-refractivity contribution in [3.05, 3.63) is 90.0 Å². The van der Waals surface area contributed by atoms with Crippen LogP contribution < -0.4 is 10.1 Å². The Morgan fingerprint density at radius 2 is 1.67 bits per heavy atom. The number of anilines is 1. The molecule has 0 unspecified atom stereocenters. The number of fused-ring (bicyclic) bond motifs is 1. The summed E-state index contributed by atoms with van der Waals surface area (Å²) < 4.78 is 7.16. The Balaban J connectivity index is 1.67. The first-order valence-electron chi connectivity index (χ1n) is 8.69. The van der Waals surface area contributed by atoms with Crippen LogP contribution in [0, 0.1) is 0 Å². The van der Waals surface area contributed by atoms with E-state index in [4.69, 9.17) is 4.74 Å². The highest BCUT2D eigenvalue weighted by Crippen LogP contribution is 2.22. The molecule has 0 aliphatic rings. The SMILES string of the molecule is COc1ccc(C(=O)Nc2nc3ccccc3n2Cc2ccccc2)cc1. The number of ether oxygens (including phenoxy) is 1. The maximum absolute atomic E-state index is 12.7. The molecule has 0 radical (unpaired) electrons. The fraction of sp³-hybridized carbons (Fsp3) is 0.0909. The van der Waals surface area contributed by atoms with Gasteiger partial charge in [0.25, 0.3) is 5.91 Å². The number of hydrogen-bond donors (Lipinski definition) is 1. The van der Waals surface area contributed by atoms with E-state index < -0.39 is 0 Å². The Morgan fingerprint density at radius 1 is 0.963 bits per heavy atom. The van der Waals surface area contributed by atoms with E-state index in [1.165, 1.54) is 0 Å². The third kappa shape index (κ3) is 3.53. The number of aromatic nitrogens is 2. The lowest BCUT2D eigenvalue weighted by molar-refractivity contribution is 0.102. The predicted octanol–water partition coefficient (Wildman–Crippen LogP) is 4.35. The van der Waals surface area contributed by atoms with E-state index >= 15 is 0 Å². The summed E-state index contributed by atoms with van der Waals surface area (Å²) in [7, 11) is 1.60. The van der Waals surface area contributed by atoms with Crippen LogP contribution in [0.5, 0.6) is 5.75 Å². The van der Waals surface area contributed by atoms with Crippen molar-refractivity contribution >= 4 is 22.9 Å². The van der Waals surface area contributed by atoms with E-state index in [1.54, 1.807) is 31.4 Å². The van der Waals surface area contributed by atoms with Crippen LogP contribution in [0.15, 0.2) is 78.9 Å². The minimum atomic E-state index is -0.206. The molecule has 3 aromatic carbocycles. The lowest BCUT2D eigenvalue weighted by Gasteiger charge is -2.10. The van der Waals surface area contributed by atoms with Crippen LogP contribution in [-0.4, -0.2) is 22.6 Å². The van der Waals surface area contributed by atoms with E-state index in [0.29, 0.717) is 23.8 Å². The zero-order chi connectivity index (χ0) is 18.6. The number of nitrogens with one attached hydrogen (secondary N) is 1. The molecular weight excluding hydrogens is 338 g/mol. The molecule has 1 N–H and O–H groups in total. The highest BCUT2D eigenvalue weighted by molar-refractivity contribution is 6.04. The molecule has 0 saturated carbocycles. The molecule has 5 nitrogen and oxygen atoms in total. The molecule has 0 fully saturated rings. The van der Waals surface area contributed by atoms with Crippen LogP contribution in [0.25, 0.3) is 11.0 Å². The van der Waals surface area contributed by atoms with Gasteiger partial charge < -0.3 is 9.30 Å². The number of carbonyl (C=O) groups excluding carboxylic acids is 1. The molecule has 1 aromatic heterocycles. The number of hydrogen-bond acceptors (Lipinski definition) is 3. The van der Waals surface area contributed by atoms with Crippen molar-refractivity contribution in [3.8, 4) is 5.75 Å². The largest absolute Gasteiger partial charge is 0.497 e. The van der Waals surface area contributed by atoms with Crippen LogP contribution in [0.3, 0.4) is 0 Å². The van der Waals surface area contributed by atoms with Crippen molar-refractivity contribution in [2.24, 2.45) is 0 Å². The zero-order valence-electron chi connectivity index (χ0n) is 14.9. The highest BCUT2D eigenvalue weighted by atomic mass is 16.5. The average Bonchev–Trinajstić information content (AvgIpc) is 3.06. The first-order chi connectivity index (χ1) is 13.2. The Bertz CT molecular complexity index is 1070. The van der Waals surface area contributed by atoms with Crippen LogP contribution >= 0.6 is 0 Å². The predicted molar refractivity (Wildman–Crippen MR) is 106 cm³/mol. The molecule has 0 spiro atoms. The zero-order valence-corrected chi connectivity index (χ0v) is 14.9. The van der Waals surface area contributed by atoms with Crippen LogP contribution in [0.4, 0.5) is 5.95 Å². The fourth-order valence-electron chi connectivity index (χ4n) is 3.01. The number of nitrogens with zero attached hydrogens (tertiary/aromatic N) is 2. The summed E-state index contributed by atoms with van der Waals surface area (Å²) >= 11 is 0. The van der Waals surface area contributed by atoms with Crippen molar-refractivity contribution in [2.75, 3.05) is 12.4 Å². The second-order valence-corrected chi connectivity index (χ2v) is 6.18. The molecule has 0 aliphatic carbocycles. The number of methoxy groups -OCH3 is 1. The van der Waals surface area contributed by atoms with Crippen LogP contribution in [-0.2, 0) is 6.54 Å². The number of carbonyl (C=O) groups is 1. The standard InChI is InChI=1S/C22H19N3O2/c1-27-18-13-11-17(12-14-18)21(26)24-22-23-19-9-5-6-10-20(19)25(22)15-16-7-3-2-4-8-16/h2-14H,15H2,1H3,(H,23,24,26). The number of para-hydroxylation sites is 2. The van der Waals surface area contributed by atoms with E-state index in [9.17, 15) is 4.79 Å². The monoisotopic (exact) mass is 357 g/mol. The second-order valence-electron chi connectivity index (χ2n) is 6.18. The maximum Gasteiger partial charge on any atom is 0.257 e. The molecule has 0 saturated heterocycles. The number of benzene rings is 3. The quantitative estimate of drug-likeness (QED) is 0.578. The highest BCUT2D eigenvalue weighted by Gasteiger charge is 2.14. The fourth-order valence-corrected chi connectivity index (χ4v) is 3.01. The average molecular weight is 357 g/mol. The third-order valence-corrected chi connectivity index (χ3v) is 4.42. The Morgan fingerprint density at radius 3 is 2.41 bits per heavy atom. The van der Waals surface area contributed by atoms with Gasteiger partial charge in [-0.05, 0) is 42.0 Å². The van der Waals surface area contributed by atoms with Gasteiger partial charge in [-0.3, -0.25) is 10.1 Å². The van der Waals surface area contributed by atoms with E-state index in [1.807, 2.05) is 47.0 Å². The van der Waals surface area contributed by atoms with Gasteiger partial charge in [0.05, 0.1) is 24.7 Å². The van der Waals surface area contributed by atoms with Crippen molar-refractivity contribution < 1.29 is 9.53 Å². The lowest BCUT2D eigenvalue weighted by atomic mass is 10.2. The van der Waals surface area contributed by atoms with Crippen LogP contribution in [0.2, 0.25) is 0 Å². The summed E-state index contributed by atoms with van der Waals surface area (Å²) in [6.45, 7) is 0.625. The number of amides is 1. The molecule has 1 heterocycles. The van der Waals surface area contributed by atoms with E-state index in [-0.39, 0.29) is 5.91 Å². The second kappa shape index (κ2) is 7.33. The summed E-state index contributed by atoms with van der Waals surface area (Å²) in [6, 6.07) is 25.0. The van der Waals surface area contributed by atoms with Gasteiger partial charge in [-0.1, -0.05) is 42.5 Å². The summed E-state index contributed by atoms with van der Waals surface area (Å²) in [4.78, 5) is 17.3. The normalized spacial score (nSPS) is 10.7. The first kappa shape index (κ1) is 16.8. The molecule has 5 heteroatoms. The summed E-state index contributed by atoms with van der Waals surface area (Å²) in [5.41, 5.74) is 3.51. The number of rotatable bonds is 5. The molecule has 0 aliphatic heterocycles. The van der Waals surface area contributed by atoms with Crippen molar-refractivity contribution in [1.29, 1.82) is 0 Å². The summed E-state index contributed by atoms with van der Waals surface area (Å²) in [5.74, 6) is 1.03. The number of imidazole rings is 1. The Labute approximate surface area is 157 Å². The third-order valence-electron chi connectivity index (χ3n) is 4.42. The summed E-state index contributed by atoms with van der Waals surface area (Å²) in [5, 5.41) is 2.95. The minimum absolute atomic E-state index is 0.206. The minimum Gasteiger partial charge on any atom is -0.497 e. The summed E-state index contributed by atoms with van der Waals surface area (Å²) in [6.07, 6.45) is 0. The van der Waals surface area contributed by atoms with E-state index in [2.05, 4.69) is 22.4 Å². The molecule has 27 heavy (non-hydrogen) atoms. The van der Waals surface area contributed by atoms with Gasteiger partial charge in [0.1, 0.15) is 5.75 Å².